The fourth-order valence-electron chi connectivity index (χ4n) is 3.98. The zero-order chi connectivity index (χ0) is 15.1. The number of aromatic amines is 1. The van der Waals surface area contributed by atoms with Gasteiger partial charge in [0.25, 0.3) is 0 Å². The third kappa shape index (κ3) is 2.07. The maximum atomic E-state index is 12.9. The van der Waals surface area contributed by atoms with Crippen molar-refractivity contribution < 1.29 is 4.79 Å². The van der Waals surface area contributed by atoms with E-state index in [4.69, 9.17) is 0 Å². The monoisotopic (exact) mass is 294 g/mol. The maximum absolute atomic E-state index is 12.9. The van der Waals surface area contributed by atoms with Gasteiger partial charge in [-0.05, 0) is 44.2 Å². The van der Waals surface area contributed by atoms with Gasteiger partial charge in [0.1, 0.15) is 0 Å². The summed E-state index contributed by atoms with van der Waals surface area (Å²) in [5.41, 5.74) is 3.82. The number of carbonyl (C=O) groups excluding carboxylic acids is 1. The molecule has 3 heteroatoms. The second-order valence-electron chi connectivity index (χ2n) is 6.50. The Morgan fingerprint density at radius 2 is 2.14 bits per heavy atom. The maximum Gasteiger partial charge on any atom is 0.226 e. The first-order valence-corrected chi connectivity index (χ1v) is 8.30. The molecule has 2 unspecified atom stereocenters. The minimum absolute atomic E-state index is 0.148. The van der Waals surface area contributed by atoms with Gasteiger partial charge < -0.3 is 9.88 Å². The van der Waals surface area contributed by atoms with Crippen LogP contribution < -0.4 is 0 Å². The van der Waals surface area contributed by atoms with Crippen molar-refractivity contribution in [2.45, 2.75) is 38.6 Å². The van der Waals surface area contributed by atoms with Crippen molar-refractivity contribution in [1.82, 2.24) is 9.88 Å². The third-order valence-electron chi connectivity index (χ3n) is 5.24. The molecule has 22 heavy (non-hydrogen) atoms. The summed E-state index contributed by atoms with van der Waals surface area (Å²) in [5.74, 6) is 0.513. The number of rotatable bonds is 1. The highest BCUT2D eigenvalue weighted by atomic mass is 16.2. The van der Waals surface area contributed by atoms with Gasteiger partial charge in [-0.2, -0.15) is 0 Å². The summed E-state index contributed by atoms with van der Waals surface area (Å²) in [7, 11) is 0. The molecule has 0 saturated carbocycles. The molecule has 3 nitrogen and oxygen atoms in total. The number of allylic oxidation sites excluding steroid dienone is 2. The van der Waals surface area contributed by atoms with Gasteiger partial charge in [-0.3, -0.25) is 4.79 Å². The molecule has 2 heterocycles. The van der Waals surface area contributed by atoms with Crippen LogP contribution in [0.1, 0.15) is 43.5 Å². The summed E-state index contributed by atoms with van der Waals surface area (Å²) in [6.07, 6.45) is 8.25. The molecule has 1 aliphatic heterocycles. The largest absolute Gasteiger partial charge is 0.356 e. The van der Waals surface area contributed by atoms with Crippen LogP contribution in [0.5, 0.6) is 0 Å². The number of carbonyl (C=O) groups is 1. The Kier molecular flexibility index (Phi) is 3.29. The summed E-state index contributed by atoms with van der Waals surface area (Å²) in [6.45, 7) is 3.00. The fourth-order valence-corrected chi connectivity index (χ4v) is 3.98. The van der Waals surface area contributed by atoms with Crippen LogP contribution in [-0.2, 0) is 11.2 Å². The quantitative estimate of drug-likeness (QED) is 0.794. The van der Waals surface area contributed by atoms with Crippen molar-refractivity contribution in [3.63, 3.8) is 0 Å². The molecule has 0 bridgehead atoms. The SMILES string of the molecule is CC1c2[nH]c3ccccc3c2CCN1C(=O)C1CC=CCC1. The standard InChI is InChI=1S/C19H22N2O/c1-13-18-16(15-9-5-6-10-17(15)20-18)11-12-21(13)19(22)14-7-3-2-4-8-14/h2-3,5-6,9-10,13-14,20H,4,7-8,11-12H2,1H3. The molecule has 2 aliphatic rings. The molecule has 1 N–H and O–H groups in total. The Morgan fingerprint density at radius 1 is 1.27 bits per heavy atom. The lowest BCUT2D eigenvalue weighted by Gasteiger charge is -2.36. The Labute approximate surface area is 131 Å². The number of para-hydroxylation sites is 1. The molecule has 0 saturated heterocycles. The van der Waals surface area contributed by atoms with E-state index in [1.54, 1.807) is 0 Å². The summed E-state index contributed by atoms with van der Waals surface area (Å²) in [4.78, 5) is 18.5. The van der Waals surface area contributed by atoms with Gasteiger partial charge in [0, 0.05) is 29.1 Å². The van der Waals surface area contributed by atoms with E-state index in [1.165, 1.54) is 22.2 Å². The molecular formula is C19H22N2O. The number of nitrogens with zero attached hydrogens (tertiary/aromatic N) is 1. The van der Waals surface area contributed by atoms with E-state index in [2.05, 4.69) is 53.2 Å². The molecule has 0 spiro atoms. The number of hydrogen-bond donors (Lipinski definition) is 1. The minimum atomic E-state index is 0.148. The summed E-state index contributed by atoms with van der Waals surface area (Å²) in [6, 6.07) is 8.60. The van der Waals surface area contributed by atoms with E-state index in [9.17, 15) is 4.79 Å². The van der Waals surface area contributed by atoms with E-state index in [-0.39, 0.29) is 12.0 Å². The van der Waals surface area contributed by atoms with E-state index < -0.39 is 0 Å². The number of nitrogens with one attached hydrogen (secondary N) is 1. The van der Waals surface area contributed by atoms with Crippen molar-refractivity contribution >= 4 is 16.8 Å². The lowest BCUT2D eigenvalue weighted by atomic mass is 9.90. The minimum Gasteiger partial charge on any atom is -0.356 e. The van der Waals surface area contributed by atoms with Crippen LogP contribution in [0.3, 0.4) is 0 Å². The zero-order valence-electron chi connectivity index (χ0n) is 13.0. The predicted octanol–water partition coefficient (Wildman–Crippen LogP) is 3.97. The van der Waals surface area contributed by atoms with Crippen molar-refractivity contribution in [1.29, 1.82) is 0 Å². The number of H-pyrrole nitrogens is 1. The van der Waals surface area contributed by atoms with Crippen LogP contribution in [0, 0.1) is 5.92 Å². The molecule has 1 aromatic heterocycles. The summed E-state index contributed by atoms with van der Waals surface area (Å²) >= 11 is 0. The van der Waals surface area contributed by atoms with E-state index in [1.807, 2.05) is 0 Å². The first kappa shape index (κ1) is 13.6. The molecule has 0 fully saturated rings. The molecule has 4 rings (SSSR count). The van der Waals surface area contributed by atoms with Gasteiger partial charge in [0.15, 0.2) is 0 Å². The second kappa shape index (κ2) is 5.31. The molecule has 0 radical (unpaired) electrons. The zero-order valence-corrected chi connectivity index (χ0v) is 13.0. The van der Waals surface area contributed by atoms with Gasteiger partial charge in [-0.25, -0.2) is 0 Å². The topological polar surface area (TPSA) is 36.1 Å². The fraction of sp³-hybridized carbons (Fsp3) is 0.421. The molecule has 1 aromatic carbocycles. The van der Waals surface area contributed by atoms with Crippen LogP contribution in [0.25, 0.3) is 10.9 Å². The number of benzene rings is 1. The smallest absolute Gasteiger partial charge is 0.226 e. The molecular weight excluding hydrogens is 272 g/mol. The number of fused-ring (bicyclic) bond motifs is 3. The lowest BCUT2D eigenvalue weighted by molar-refractivity contribution is -0.138. The molecule has 2 atom stereocenters. The van der Waals surface area contributed by atoms with Crippen molar-refractivity contribution in [2.75, 3.05) is 6.54 Å². The molecule has 1 amide bonds. The highest BCUT2D eigenvalue weighted by molar-refractivity contribution is 5.86. The van der Waals surface area contributed by atoms with Crippen molar-refractivity contribution in [3.8, 4) is 0 Å². The Balaban J connectivity index is 1.65. The summed E-state index contributed by atoms with van der Waals surface area (Å²) < 4.78 is 0. The highest BCUT2D eigenvalue weighted by Crippen LogP contribution is 2.35. The Morgan fingerprint density at radius 3 is 2.95 bits per heavy atom. The van der Waals surface area contributed by atoms with E-state index in [0.717, 1.165) is 32.2 Å². The number of amides is 1. The van der Waals surface area contributed by atoms with Gasteiger partial charge >= 0.3 is 0 Å². The number of hydrogen-bond acceptors (Lipinski definition) is 1. The van der Waals surface area contributed by atoms with Gasteiger partial charge in [-0.1, -0.05) is 30.4 Å². The summed E-state index contributed by atoms with van der Waals surface area (Å²) in [5, 5.41) is 1.32. The molecule has 1 aliphatic carbocycles. The number of aromatic nitrogens is 1. The second-order valence-corrected chi connectivity index (χ2v) is 6.50. The van der Waals surface area contributed by atoms with Gasteiger partial charge in [-0.15, -0.1) is 0 Å². The first-order chi connectivity index (χ1) is 10.8. The third-order valence-corrected chi connectivity index (χ3v) is 5.24. The molecule has 2 aromatic rings. The Bertz CT molecular complexity index is 743. The predicted molar refractivity (Wildman–Crippen MR) is 88.6 cm³/mol. The van der Waals surface area contributed by atoms with Crippen LogP contribution in [0.2, 0.25) is 0 Å². The van der Waals surface area contributed by atoms with E-state index >= 15 is 0 Å². The highest BCUT2D eigenvalue weighted by Gasteiger charge is 2.33. The van der Waals surface area contributed by atoms with Crippen LogP contribution in [0.15, 0.2) is 36.4 Å². The Hall–Kier alpha value is -2.03. The first-order valence-electron chi connectivity index (χ1n) is 8.30. The van der Waals surface area contributed by atoms with Gasteiger partial charge in [0.05, 0.1) is 6.04 Å². The van der Waals surface area contributed by atoms with Crippen LogP contribution >= 0.6 is 0 Å². The van der Waals surface area contributed by atoms with Crippen molar-refractivity contribution in [2.24, 2.45) is 5.92 Å². The normalized spacial score (nSPS) is 24.5. The van der Waals surface area contributed by atoms with Crippen LogP contribution in [0.4, 0.5) is 0 Å². The molecule has 114 valence electrons. The lowest BCUT2D eigenvalue weighted by Crippen LogP contribution is -2.42. The average Bonchev–Trinajstić information content (AvgIpc) is 2.95. The van der Waals surface area contributed by atoms with Crippen LogP contribution in [-0.4, -0.2) is 22.3 Å². The average molecular weight is 294 g/mol. The van der Waals surface area contributed by atoms with Gasteiger partial charge in [0.2, 0.25) is 5.91 Å². The van der Waals surface area contributed by atoms with E-state index in [0.29, 0.717) is 5.91 Å². The van der Waals surface area contributed by atoms with Crippen molar-refractivity contribution in [3.05, 3.63) is 47.7 Å².